The summed E-state index contributed by atoms with van der Waals surface area (Å²) in [7, 11) is 0. The highest BCUT2D eigenvalue weighted by Crippen LogP contribution is 2.27. The van der Waals surface area contributed by atoms with Gasteiger partial charge in [0.15, 0.2) is 0 Å². The number of benzene rings is 2. The van der Waals surface area contributed by atoms with Gasteiger partial charge in [0.1, 0.15) is 24.2 Å². The lowest BCUT2D eigenvalue weighted by Crippen LogP contribution is -1.97. The Morgan fingerprint density at radius 2 is 1.83 bits per heavy atom. The molecule has 0 bridgehead atoms. The van der Waals surface area contributed by atoms with Crippen LogP contribution in [0.2, 0.25) is 0 Å². The Morgan fingerprint density at radius 3 is 2.57 bits per heavy atom. The molecule has 4 heteroatoms. The summed E-state index contributed by atoms with van der Waals surface area (Å²) >= 11 is 0. The summed E-state index contributed by atoms with van der Waals surface area (Å²) in [4.78, 5) is 3.83. The van der Waals surface area contributed by atoms with Gasteiger partial charge in [0.05, 0.1) is 11.8 Å². The normalized spacial score (nSPS) is 10.1. The van der Waals surface area contributed by atoms with Crippen molar-refractivity contribution in [2.45, 2.75) is 6.61 Å². The van der Waals surface area contributed by atoms with Gasteiger partial charge in [-0.25, -0.2) is 4.39 Å². The first-order valence-corrected chi connectivity index (χ1v) is 7.08. The molecule has 0 N–H and O–H groups in total. The second kappa shape index (κ2) is 6.71. The Morgan fingerprint density at radius 1 is 1.00 bits per heavy atom. The first-order valence-electron chi connectivity index (χ1n) is 7.08. The van der Waals surface area contributed by atoms with Gasteiger partial charge in [-0.15, -0.1) is 0 Å². The molecule has 0 saturated carbocycles. The molecule has 0 unspecified atom stereocenters. The highest BCUT2D eigenvalue weighted by molar-refractivity contribution is 5.66. The first kappa shape index (κ1) is 14.7. The monoisotopic (exact) mass is 304 g/mol. The summed E-state index contributed by atoms with van der Waals surface area (Å²) < 4.78 is 19.0. The average Bonchev–Trinajstić information content (AvgIpc) is 2.60. The number of ether oxygens (including phenoxy) is 1. The van der Waals surface area contributed by atoms with Crippen molar-refractivity contribution in [1.29, 1.82) is 5.26 Å². The second-order valence-electron chi connectivity index (χ2n) is 4.99. The zero-order chi connectivity index (χ0) is 16.1. The molecule has 0 atom stereocenters. The van der Waals surface area contributed by atoms with E-state index in [0.29, 0.717) is 23.5 Å². The van der Waals surface area contributed by atoms with Crippen LogP contribution in [0.5, 0.6) is 5.75 Å². The fourth-order valence-electron chi connectivity index (χ4n) is 2.23. The van der Waals surface area contributed by atoms with Gasteiger partial charge in [-0.2, -0.15) is 5.26 Å². The molecule has 0 radical (unpaired) electrons. The van der Waals surface area contributed by atoms with Crippen LogP contribution >= 0.6 is 0 Å². The van der Waals surface area contributed by atoms with Crippen LogP contribution in [-0.4, -0.2) is 4.98 Å². The molecule has 0 aliphatic rings. The van der Waals surface area contributed by atoms with E-state index in [1.54, 1.807) is 24.4 Å². The zero-order valence-corrected chi connectivity index (χ0v) is 12.2. The number of hydrogen-bond donors (Lipinski definition) is 0. The molecule has 0 spiro atoms. The van der Waals surface area contributed by atoms with Gasteiger partial charge in [0.2, 0.25) is 0 Å². The topological polar surface area (TPSA) is 45.9 Å². The average molecular weight is 304 g/mol. The van der Waals surface area contributed by atoms with Gasteiger partial charge in [0, 0.05) is 11.8 Å². The van der Waals surface area contributed by atoms with E-state index in [-0.39, 0.29) is 0 Å². The zero-order valence-electron chi connectivity index (χ0n) is 12.2. The maximum atomic E-state index is 13.3. The van der Waals surface area contributed by atoms with Crippen LogP contribution in [0.4, 0.5) is 4.39 Å². The molecule has 0 aliphatic heterocycles. The molecule has 1 aromatic heterocycles. The third-order valence-corrected chi connectivity index (χ3v) is 3.38. The van der Waals surface area contributed by atoms with Crippen molar-refractivity contribution in [2.24, 2.45) is 0 Å². The number of rotatable bonds is 4. The van der Waals surface area contributed by atoms with Crippen LogP contribution in [0, 0.1) is 17.1 Å². The Labute approximate surface area is 133 Å². The maximum absolute atomic E-state index is 13.3. The van der Waals surface area contributed by atoms with Crippen LogP contribution in [0.3, 0.4) is 0 Å². The lowest BCUT2D eigenvalue weighted by Gasteiger charge is -2.09. The minimum absolute atomic E-state index is 0.385. The first-order chi connectivity index (χ1) is 11.3. The van der Waals surface area contributed by atoms with Crippen LogP contribution in [0.15, 0.2) is 67.0 Å². The van der Waals surface area contributed by atoms with Gasteiger partial charge in [-0.1, -0.05) is 36.4 Å². The van der Waals surface area contributed by atoms with Gasteiger partial charge >= 0.3 is 0 Å². The van der Waals surface area contributed by atoms with E-state index in [0.717, 1.165) is 17.3 Å². The Balaban J connectivity index is 1.84. The minimum Gasteiger partial charge on any atom is -0.488 e. The molecule has 112 valence electrons. The molecule has 3 aromatic rings. The molecular weight excluding hydrogens is 291 g/mol. The fourth-order valence-corrected chi connectivity index (χ4v) is 2.23. The maximum Gasteiger partial charge on any atom is 0.142 e. The van der Waals surface area contributed by atoms with Crippen molar-refractivity contribution in [3.05, 3.63) is 83.9 Å². The van der Waals surface area contributed by atoms with E-state index in [1.807, 2.05) is 30.3 Å². The summed E-state index contributed by atoms with van der Waals surface area (Å²) in [5, 5.41) is 9.32. The van der Waals surface area contributed by atoms with E-state index >= 15 is 0 Å². The Bertz CT molecular complexity index is 857. The molecule has 0 aliphatic carbocycles. The predicted molar refractivity (Wildman–Crippen MR) is 85.1 cm³/mol. The summed E-state index contributed by atoms with van der Waals surface area (Å²) in [6.07, 6.45) is 2.70. The van der Waals surface area contributed by atoms with E-state index in [9.17, 15) is 9.65 Å². The minimum atomic E-state index is -0.412. The number of aromatic nitrogens is 1. The SMILES string of the molecule is N#Cc1cc(-c2cncc(F)c2)ccc1OCc1ccccc1. The largest absolute Gasteiger partial charge is 0.488 e. The van der Waals surface area contributed by atoms with E-state index in [1.165, 1.54) is 6.07 Å². The highest BCUT2D eigenvalue weighted by Gasteiger charge is 2.08. The third kappa shape index (κ3) is 3.53. The molecule has 3 rings (SSSR count). The van der Waals surface area contributed by atoms with Gasteiger partial charge in [-0.3, -0.25) is 4.98 Å². The number of halogens is 1. The molecule has 0 saturated heterocycles. The van der Waals surface area contributed by atoms with Crippen LogP contribution in [-0.2, 0) is 6.61 Å². The highest BCUT2D eigenvalue weighted by atomic mass is 19.1. The summed E-state index contributed by atoms with van der Waals surface area (Å²) in [6.45, 7) is 0.385. The molecule has 0 fully saturated rings. The van der Waals surface area contributed by atoms with E-state index in [4.69, 9.17) is 4.74 Å². The standard InChI is InChI=1S/C19H13FN2O/c20-18-9-17(11-22-12-18)15-6-7-19(16(8-15)10-21)23-13-14-4-2-1-3-5-14/h1-9,11-12H,13H2. The number of hydrogen-bond acceptors (Lipinski definition) is 3. The van der Waals surface area contributed by atoms with Crippen molar-refractivity contribution in [3.8, 4) is 22.9 Å². The number of pyridine rings is 1. The van der Waals surface area contributed by atoms with Gasteiger partial charge in [0.25, 0.3) is 0 Å². The molecular formula is C19H13FN2O. The quantitative estimate of drug-likeness (QED) is 0.720. The molecule has 23 heavy (non-hydrogen) atoms. The molecule has 0 amide bonds. The van der Waals surface area contributed by atoms with Crippen molar-refractivity contribution in [2.75, 3.05) is 0 Å². The number of nitrogens with zero attached hydrogens (tertiary/aromatic N) is 2. The lowest BCUT2D eigenvalue weighted by molar-refractivity contribution is 0.305. The van der Waals surface area contributed by atoms with Crippen LogP contribution < -0.4 is 4.74 Å². The van der Waals surface area contributed by atoms with Crippen molar-refractivity contribution >= 4 is 0 Å². The Hall–Kier alpha value is -3.19. The molecule has 3 nitrogen and oxygen atoms in total. The van der Waals surface area contributed by atoms with Crippen LogP contribution in [0.25, 0.3) is 11.1 Å². The second-order valence-corrected chi connectivity index (χ2v) is 4.99. The summed E-state index contributed by atoms with van der Waals surface area (Å²) in [5.41, 5.74) is 2.77. The third-order valence-electron chi connectivity index (χ3n) is 3.38. The predicted octanol–water partition coefficient (Wildman–Crippen LogP) is 4.34. The van der Waals surface area contributed by atoms with E-state index < -0.39 is 5.82 Å². The summed E-state index contributed by atoms with van der Waals surface area (Å²) in [5.74, 6) is 0.0925. The smallest absolute Gasteiger partial charge is 0.142 e. The fraction of sp³-hybridized carbons (Fsp3) is 0.0526. The van der Waals surface area contributed by atoms with Crippen molar-refractivity contribution < 1.29 is 9.13 Å². The van der Waals surface area contributed by atoms with Gasteiger partial charge in [-0.05, 0) is 29.3 Å². The van der Waals surface area contributed by atoms with Crippen LogP contribution in [0.1, 0.15) is 11.1 Å². The lowest BCUT2D eigenvalue weighted by atomic mass is 10.0. The van der Waals surface area contributed by atoms with E-state index in [2.05, 4.69) is 11.1 Å². The number of nitriles is 1. The summed E-state index contributed by atoms with van der Waals surface area (Å²) in [6, 6.07) is 18.4. The van der Waals surface area contributed by atoms with Crippen molar-refractivity contribution in [1.82, 2.24) is 4.98 Å². The van der Waals surface area contributed by atoms with Gasteiger partial charge < -0.3 is 4.74 Å². The Kier molecular flexibility index (Phi) is 4.30. The van der Waals surface area contributed by atoms with Crippen molar-refractivity contribution in [3.63, 3.8) is 0 Å². The molecule has 2 aromatic carbocycles. The molecule has 1 heterocycles.